The van der Waals surface area contributed by atoms with Gasteiger partial charge in [0.15, 0.2) is 0 Å². The Balaban J connectivity index is 1.45. The third-order valence-corrected chi connectivity index (χ3v) is 7.19. The van der Waals surface area contributed by atoms with Crippen molar-refractivity contribution in [1.82, 2.24) is 15.6 Å². The summed E-state index contributed by atoms with van der Waals surface area (Å²) in [4.78, 5) is 28.5. The number of aromatic amines is 1. The SMILES string of the molecule is N#CC1(CNC(=O)[C@@H]2CCCC[C@@H]2NC(=O)c2cc3cc(S(N)(=O)=O)ccc3[nH]2)CC1. The number of nitriles is 1. The number of H-pyrrole nitrogens is 1. The Morgan fingerprint density at radius 3 is 2.65 bits per heavy atom. The van der Waals surface area contributed by atoms with E-state index in [4.69, 9.17) is 5.14 Å². The van der Waals surface area contributed by atoms with Crippen molar-refractivity contribution in [2.75, 3.05) is 6.54 Å². The van der Waals surface area contributed by atoms with Gasteiger partial charge in [-0.15, -0.1) is 0 Å². The van der Waals surface area contributed by atoms with Gasteiger partial charge in [-0.1, -0.05) is 12.8 Å². The van der Waals surface area contributed by atoms with Crippen molar-refractivity contribution >= 4 is 32.7 Å². The van der Waals surface area contributed by atoms with E-state index in [9.17, 15) is 23.3 Å². The summed E-state index contributed by atoms with van der Waals surface area (Å²) in [5, 5.41) is 20.8. The van der Waals surface area contributed by atoms with E-state index in [1.165, 1.54) is 12.1 Å². The summed E-state index contributed by atoms with van der Waals surface area (Å²) in [5.74, 6) is -0.819. The lowest BCUT2D eigenvalue weighted by atomic mass is 9.83. The molecule has 2 atom stereocenters. The van der Waals surface area contributed by atoms with Crippen LogP contribution in [0.2, 0.25) is 0 Å². The van der Waals surface area contributed by atoms with E-state index < -0.39 is 15.4 Å². The van der Waals surface area contributed by atoms with Crippen LogP contribution in [-0.2, 0) is 14.8 Å². The molecule has 1 aromatic heterocycles. The minimum absolute atomic E-state index is 0.0271. The molecular weight excluding hydrogens is 418 g/mol. The Bertz CT molecular complexity index is 1180. The number of carbonyl (C=O) groups is 2. The van der Waals surface area contributed by atoms with Crippen LogP contribution in [-0.4, -0.2) is 37.8 Å². The van der Waals surface area contributed by atoms with E-state index in [2.05, 4.69) is 21.7 Å². The largest absolute Gasteiger partial charge is 0.354 e. The standard InChI is InChI=1S/C21H25N5O4S/c22-11-21(7-8-21)12-24-19(27)15-3-1-2-4-17(15)26-20(28)18-10-13-9-14(31(23,29)30)5-6-16(13)25-18/h5-6,9-10,15,17,25H,1-4,7-8,12H2,(H,24,27)(H,26,28)(H2,23,29,30)/t15-,17+/m1/s1. The lowest BCUT2D eigenvalue weighted by Gasteiger charge is -2.31. The summed E-state index contributed by atoms with van der Waals surface area (Å²) in [6, 6.07) is 7.89. The quantitative estimate of drug-likeness (QED) is 0.532. The fourth-order valence-corrected chi connectivity index (χ4v) is 4.69. The van der Waals surface area contributed by atoms with E-state index in [0.717, 1.165) is 25.7 Å². The molecule has 10 heteroatoms. The highest BCUT2D eigenvalue weighted by atomic mass is 32.2. The number of fused-ring (bicyclic) bond motifs is 1. The van der Waals surface area contributed by atoms with Gasteiger partial charge in [-0.3, -0.25) is 9.59 Å². The minimum atomic E-state index is -3.84. The first kappa shape index (κ1) is 21.3. The molecule has 2 saturated carbocycles. The Labute approximate surface area is 180 Å². The maximum Gasteiger partial charge on any atom is 0.267 e. The number of carbonyl (C=O) groups excluding carboxylic acids is 2. The van der Waals surface area contributed by atoms with Crippen LogP contribution in [0, 0.1) is 22.7 Å². The molecule has 2 aliphatic carbocycles. The van der Waals surface area contributed by atoms with Gasteiger partial charge in [0, 0.05) is 23.5 Å². The molecule has 2 aromatic rings. The van der Waals surface area contributed by atoms with E-state index in [0.29, 0.717) is 30.3 Å². The second-order valence-corrected chi connectivity index (χ2v) is 10.1. The highest BCUT2D eigenvalue weighted by molar-refractivity contribution is 7.89. The predicted molar refractivity (Wildman–Crippen MR) is 113 cm³/mol. The molecule has 2 fully saturated rings. The fourth-order valence-electron chi connectivity index (χ4n) is 4.14. The van der Waals surface area contributed by atoms with Crippen molar-refractivity contribution in [3.63, 3.8) is 0 Å². The summed E-state index contributed by atoms with van der Waals surface area (Å²) in [6.07, 6.45) is 4.83. The molecule has 1 aromatic carbocycles. The van der Waals surface area contributed by atoms with Crippen LogP contribution >= 0.6 is 0 Å². The van der Waals surface area contributed by atoms with Crippen LogP contribution in [0.1, 0.15) is 49.0 Å². The van der Waals surface area contributed by atoms with Crippen molar-refractivity contribution in [2.45, 2.75) is 49.5 Å². The molecule has 0 radical (unpaired) electrons. The monoisotopic (exact) mass is 443 g/mol. The first-order valence-corrected chi connectivity index (χ1v) is 11.9. The number of hydrogen-bond acceptors (Lipinski definition) is 5. The molecular formula is C21H25N5O4S. The molecule has 0 spiro atoms. The highest BCUT2D eigenvalue weighted by Crippen LogP contribution is 2.44. The molecule has 0 unspecified atom stereocenters. The zero-order chi connectivity index (χ0) is 22.2. The third-order valence-electron chi connectivity index (χ3n) is 6.28. The lowest BCUT2D eigenvalue weighted by Crippen LogP contribution is -2.49. The Kier molecular flexibility index (Phi) is 5.49. The Morgan fingerprint density at radius 1 is 1.23 bits per heavy atom. The Hall–Kier alpha value is -2.90. The number of benzene rings is 1. The predicted octanol–water partition coefficient (Wildman–Crippen LogP) is 1.52. The van der Waals surface area contributed by atoms with E-state index in [1.807, 2.05) is 0 Å². The first-order valence-electron chi connectivity index (χ1n) is 10.4. The van der Waals surface area contributed by atoms with Crippen LogP contribution in [0.5, 0.6) is 0 Å². The highest BCUT2D eigenvalue weighted by Gasteiger charge is 2.44. The van der Waals surface area contributed by atoms with Gasteiger partial charge in [-0.25, -0.2) is 13.6 Å². The summed E-state index contributed by atoms with van der Waals surface area (Å²) in [7, 11) is -3.84. The molecule has 0 aliphatic heterocycles. The summed E-state index contributed by atoms with van der Waals surface area (Å²) in [5.41, 5.74) is 0.484. The van der Waals surface area contributed by atoms with Gasteiger partial charge in [0.2, 0.25) is 15.9 Å². The second kappa shape index (κ2) is 7.98. The molecule has 4 rings (SSSR count). The van der Waals surface area contributed by atoms with Gasteiger partial charge < -0.3 is 15.6 Å². The lowest BCUT2D eigenvalue weighted by molar-refractivity contribution is -0.126. The fraction of sp³-hybridized carbons (Fsp3) is 0.476. The van der Waals surface area contributed by atoms with Crippen molar-refractivity contribution in [3.05, 3.63) is 30.0 Å². The molecule has 31 heavy (non-hydrogen) atoms. The van der Waals surface area contributed by atoms with E-state index in [-0.39, 0.29) is 34.4 Å². The zero-order valence-electron chi connectivity index (χ0n) is 17.0. The van der Waals surface area contributed by atoms with Crippen LogP contribution in [0.4, 0.5) is 0 Å². The molecule has 5 N–H and O–H groups in total. The molecule has 9 nitrogen and oxygen atoms in total. The second-order valence-electron chi connectivity index (χ2n) is 8.56. The van der Waals surface area contributed by atoms with E-state index >= 15 is 0 Å². The summed E-state index contributed by atoms with van der Waals surface area (Å²) < 4.78 is 23.1. The van der Waals surface area contributed by atoms with Crippen LogP contribution < -0.4 is 15.8 Å². The molecule has 164 valence electrons. The maximum absolute atomic E-state index is 12.8. The third kappa shape index (κ3) is 4.57. The topological polar surface area (TPSA) is 158 Å². The van der Waals surface area contributed by atoms with Gasteiger partial charge in [0.05, 0.1) is 22.3 Å². The number of amides is 2. The summed E-state index contributed by atoms with van der Waals surface area (Å²) >= 11 is 0. The zero-order valence-corrected chi connectivity index (χ0v) is 17.8. The van der Waals surface area contributed by atoms with Crippen molar-refractivity contribution in [1.29, 1.82) is 5.26 Å². The molecule has 0 saturated heterocycles. The number of nitrogens with zero attached hydrogens (tertiary/aromatic N) is 1. The van der Waals surface area contributed by atoms with E-state index in [1.54, 1.807) is 12.1 Å². The summed E-state index contributed by atoms with van der Waals surface area (Å²) in [6.45, 7) is 0.355. The average Bonchev–Trinajstić information content (AvgIpc) is 3.40. The van der Waals surface area contributed by atoms with Crippen molar-refractivity contribution in [2.24, 2.45) is 16.5 Å². The van der Waals surface area contributed by atoms with Crippen LogP contribution in [0.3, 0.4) is 0 Å². The first-order chi connectivity index (χ1) is 14.7. The number of nitrogens with one attached hydrogen (secondary N) is 3. The van der Waals surface area contributed by atoms with Gasteiger partial charge in [-0.05, 0) is 49.9 Å². The maximum atomic E-state index is 12.8. The van der Waals surface area contributed by atoms with Gasteiger partial charge >= 0.3 is 0 Å². The van der Waals surface area contributed by atoms with Gasteiger partial charge in [0.25, 0.3) is 5.91 Å². The number of aromatic nitrogens is 1. The van der Waals surface area contributed by atoms with Crippen molar-refractivity contribution < 1.29 is 18.0 Å². The number of rotatable bonds is 6. The van der Waals surface area contributed by atoms with Gasteiger partial charge in [-0.2, -0.15) is 5.26 Å². The molecule has 2 aliphatic rings. The minimum Gasteiger partial charge on any atom is -0.354 e. The number of nitrogens with two attached hydrogens (primary N) is 1. The smallest absolute Gasteiger partial charge is 0.267 e. The number of sulfonamides is 1. The average molecular weight is 444 g/mol. The number of primary sulfonamides is 1. The van der Waals surface area contributed by atoms with Gasteiger partial charge in [0.1, 0.15) is 5.69 Å². The van der Waals surface area contributed by atoms with Crippen molar-refractivity contribution in [3.8, 4) is 6.07 Å². The van der Waals surface area contributed by atoms with Crippen LogP contribution in [0.25, 0.3) is 10.9 Å². The molecule has 2 amide bonds. The Morgan fingerprint density at radius 2 is 1.97 bits per heavy atom. The number of hydrogen-bond donors (Lipinski definition) is 4. The molecule has 1 heterocycles. The van der Waals surface area contributed by atoms with Crippen LogP contribution in [0.15, 0.2) is 29.2 Å². The molecule has 0 bridgehead atoms. The normalized spacial score (nSPS) is 22.5.